The van der Waals surface area contributed by atoms with E-state index < -0.39 is 0 Å². The van der Waals surface area contributed by atoms with Gasteiger partial charge in [-0.25, -0.2) is 9.97 Å². The number of hydrogen-bond donors (Lipinski definition) is 2. The number of fused-ring (bicyclic) bond motifs is 1. The van der Waals surface area contributed by atoms with Crippen molar-refractivity contribution in [3.05, 3.63) is 0 Å². The monoisotopic (exact) mass is 263 g/mol. The topological polar surface area (TPSA) is 80.5 Å². The predicted molar refractivity (Wildman–Crippen MR) is 66.9 cm³/mol. The maximum Gasteiger partial charge on any atom is 0.223 e. The summed E-state index contributed by atoms with van der Waals surface area (Å²) in [6.45, 7) is 0. The van der Waals surface area contributed by atoms with Crippen molar-refractivity contribution >= 4 is 53.0 Å². The van der Waals surface area contributed by atoms with E-state index in [1.807, 2.05) is 12.5 Å². The summed E-state index contributed by atoms with van der Waals surface area (Å²) in [6, 6.07) is 0. The number of aromatic amines is 1. The van der Waals surface area contributed by atoms with E-state index in [0.29, 0.717) is 5.65 Å². The number of nitrogens with one attached hydrogen (secondary N) is 1. The molecule has 2 rings (SSSR count). The van der Waals surface area contributed by atoms with E-state index in [4.69, 9.17) is 5.73 Å². The van der Waals surface area contributed by atoms with Crippen LogP contribution in [0.25, 0.3) is 11.2 Å². The lowest BCUT2D eigenvalue weighted by molar-refractivity contribution is 1.07. The summed E-state index contributed by atoms with van der Waals surface area (Å²) in [4.78, 5) is 15.6. The summed E-state index contributed by atoms with van der Waals surface area (Å²) >= 11 is 3.06. The lowest BCUT2D eigenvalue weighted by Crippen LogP contribution is -1.96. The van der Waals surface area contributed by atoms with Gasteiger partial charge in [0.2, 0.25) is 5.95 Å². The van der Waals surface area contributed by atoms with Crippen molar-refractivity contribution in [2.24, 2.45) is 0 Å². The Kier molecular flexibility index (Phi) is 4.06. The summed E-state index contributed by atoms with van der Waals surface area (Å²) in [5.74, 6) is 0.265. The molecule has 15 heavy (non-hydrogen) atoms. The first-order valence-electron chi connectivity index (χ1n) is 3.86. The Labute approximate surface area is 101 Å². The maximum absolute atomic E-state index is 5.55. The minimum Gasteiger partial charge on any atom is -0.368 e. The van der Waals surface area contributed by atoms with E-state index in [9.17, 15) is 0 Å². The van der Waals surface area contributed by atoms with Crippen molar-refractivity contribution in [3.63, 3.8) is 0 Å². The molecular weight excluding hydrogens is 254 g/mol. The molecular formula is C7H10ClN5S2. The smallest absolute Gasteiger partial charge is 0.223 e. The normalized spacial score (nSPS) is 10.3. The minimum absolute atomic E-state index is 0. The van der Waals surface area contributed by atoms with Crippen LogP contribution in [0.3, 0.4) is 0 Å². The Balaban J connectivity index is 0.00000112. The van der Waals surface area contributed by atoms with Crippen LogP contribution in [0.5, 0.6) is 0 Å². The van der Waals surface area contributed by atoms with Gasteiger partial charge in [0.25, 0.3) is 0 Å². The Morgan fingerprint density at radius 2 is 1.87 bits per heavy atom. The molecule has 0 aliphatic carbocycles. The number of halogens is 1. The largest absolute Gasteiger partial charge is 0.368 e. The molecule has 0 aromatic carbocycles. The summed E-state index contributed by atoms with van der Waals surface area (Å²) in [7, 11) is 0. The molecule has 0 saturated carbocycles. The second-order valence-electron chi connectivity index (χ2n) is 2.54. The minimum atomic E-state index is 0. The van der Waals surface area contributed by atoms with E-state index >= 15 is 0 Å². The van der Waals surface area contributed by atoms with Crippen LogP contribution in [0.4, 0.5) is 5.95 Å². The van der Waals surface area contributed by atoms with Gasteiger partial charge in [0.05, 0.1) is 0 Å². The Hall–Kier alpha value is -0.660. The number of anilines is 1. The third-order valence-electron chi connectivity index (χ3n) is 1.70. The van der Waals surface area contributed by atoms with E-state index in [-0.39, 0.29) is 18.4 Å². The van der Waals surface area contributed by atoms with Crippen LogP contribution < -0.4 is 5.73 Å². The van der Waals surface area contributed by atoms with E-state index in [2.05, 4.69) is 19.9 Å². The van der Waals surface area contributed by atoms with Gasteiger partial charge in [0.15, 0.2) is 10.8 Å². The van der Waals surface area contributed by atoms with Crippen LogP contribution in [-0.2, 0) is 0 Å². The lowest BCUT2D eigenvalue weighted by atomic mass is 10.5. The van der Waals surface area contributed by atoms with Crippen LogP contribution in [0, 0.1) is 0 Å². The quantitative estimate of drug-likeness (QED) is 0.635. The van der Waals surface area contributed by atoms with Gasteiger partial charge in [0, 0.05) is 0 Å². The molecule has 0 saturated heterocycles. The fraction of sp³-hybridized carbons (Fsp3) is 0.286. The highest BCUT2D eigenvalue weighted by Crippen LogP contribution is 2.24. The van der Waals surface area contributed by atoms with Gasteiger partial charge in [0.1, 0.15) is 10.5 Å². The average molecular weight is 264 g/mol. The summed E-state index contributed by atoms with van der Waals surface area (Å²) < 4.78 is 0. The molecule has 8 heteroatoms. The first-order chi connectivity index (χ1) is 6.74. The first kappa shape index (κ1) is 12.4. The molecule has 0 radical (unpaired) electrons. The predicted octanol–water partition coefficient (Wildman–Crippen LogP) is 1.80. The number of imidazole rings is 1. The molecule has 82 valence electrons. The third kappa shape index (κ3) is 2.30. The molecule has 0 aliphatic rings. The van der Waals surface area contributed by atoms with Gasteiger partial charge >= 0.3 is 0 Å². The number of hydrogen-bond acceptors (Lipinski definition) is 6. The fourth-order valence-corrected chi connectivity index (χ4v) is 2.02. The standard InChI is InChI=1S/C7H9N5S2.ClH/c1-13-5-3-4(10-6(8)12-5)11-7(9-3)14-2;/h1-2H3,(H3,8,9,10,11,12);1H. The summed E-state index contributed by atoms with van der Waals surface area (Å²) in [5.41, 5.74) is 7.04. The number of thioether (sulfide) groups is 2. The fourth-order valence-electron chi connectivity index (χ4n) is 1.11. The van der Waals surface area contributed by atoms with E-state index in [0.717, 1.165) is 15.7 Å². The van der Waals surface area contributed by atoms with Gasteiger partial charge in [-0.1, -0.05) is 11.8 Å². The van der Waals surface area contributed by atoms with Crippen molar-refractivity contribution < 1.29 is 0 Å². The number of H-pyrrole nitrogens is 1. The van der Waals surface area contributed by atoms with Crippen molar-refractivity contribution in [3.8, 4) is 0 Å². The lowest BCUT2D eigenvalue weighted by Gasteiger charge is -1.97. The number of nitrogens with two attached hydrogens (primary N) is 1. The van der Waals surface area contributed by atoms with Gasteiger partial charge in [-0.05, 0) is 12.5 Å². The highest BCUT2D eigenvalue weighted by Gasteiger charge is 2.09. The van der Waals surface area contributed by atoms with Crippen LogP contribution >= 0.6 is 35.9 Å². The molecule has 5 nitrogen and oxygen atoms in total. The van der Waals surface area contributed by atoms with Crippen molar-refractivity contribution in [1.82, 2.24) is 19.9 Å². The maximum atomic E-state index is 5.55. The highest BCUT2D eigenvalue weighted by atomic mass is 35.5. The molecule has 0 unspecified atom stereocenters. The first-order valence-corrected chi connectivity index (χ1v) is 6.30. The summed E-state index contributed by atoms with van der Waals surface area (Å²) in [6.07, 6.45) is 3.90. The van der Waals surface area contributed by atoms with Crippen LogP contribution in [-0.4, -0.2) is 32.4 Å². The molecule has 2 aromatic heterocycles. The molecule has 3 N–H and O–H groups in total. The van der Waals surface area contributed by atoms with E-state index in [1.54, 1.807) is 0 Å². The average Bonchev–Trinajstić information content (AvgIpc) is 2.59. The Morgan fingerprint density at radius 1 is 1.13 bits per heavy atom. The van der Waals surface area contributed by atoms with Gasteiger partial charge < -0.3 is 10.7 Å². The van der Waals surface area contributed by atoms with Gasteiger partial charge in [-0.2, -0.15) is 4.98 Å². The van der Waals surface area contributed by atoms with Crippen LogP contribution in [0.1, 0.15) is 0 Å². The van der Waals surface area contributed by atoms with Crippen molar-refractivity contribution in [2.75, 3.05) is 18.2 Å². The van der Waals surface area contributed by atoms with Gasteiger partial charge in [-0.15, -0.1) is 24.2 Å². The highest BCUT2D eigenvalue weighted by molar-refractivity contribution is 7.99. The summed E-state index contributed by atoms with van der Waals surface area (Å²) in [5, 5.41) is 1.66. The van der Waals surface area contributed by atoms with Crippen molar-refractivity contribution in [2.45, 2.75) is 10.2 Å². The molecule has 0 fully saturated rings. The SMILES string of the molecule is CSc1nc2nc(N)nc(SC)c2[nH]1.Cl. The zero-order chi connectivity index (χ0) is 10.1. The zero-order valence-corrected chi connectivity index (χ0v) is 10.6. The number of nitrogen functional groups attached to an aromatic ring is 1. The third-order valence-corrected chi connectivity index (χ3v) is 2.96. The molecule has 2 heterocycles. The Morgan fingerprint density at radius 3 is 2.47 bits per heavy atom. The molecule has 0 amide bonds. The molecule has 2 aromatic rings. The van der Waals surface area contributed by atoms with E-state index in [1.165, 1.54) is 23.5 Å². The number of aromatic nitrogens is 4. The second kappa shape index (κ2) is 4.91. The second-order valence-corrected chi connectivity index (χ2v) is 4.13. The number of nitrogens with zero attached hydrogens (tertiary/aromatic N) is 3. The number of rotatable bonds is 2. The molecule has 0 bridgehead atoms. The van der Waals surface area contributed by atoms with Crippen LogP contribution in [0.2, 0.25) is 0 Å². The molecule has 0 spiro atoms. The van der Waals surface area contributed by atoms with Gasteiger partial charge in [-0.3, -0.25) is 0 Å². The molecule has 0 atom stereocenters. The zero-order valence-electron chi connectivity index (χ0n) is 8.14. The Bertz CT molecular complexity index is 472. The van der Waals surface area contributed by atoms with Crippen molar-refractivity contribution in [1.29, 1.82) is 0 Å². The van der Waals surface area contributed by atoms with Crippen LogP contribution in [0.15, 0.2) is 10.2 Å². The molecule has 0 aliphatic heterocycles.